The van der Waals surface area contributed by atoms with Gasteiger partial charge in [0, 0.05) is 6.54 Å². The Morgan fingerprint density at radius 2 is 1.17 bits per heavy atom. The molecule has 0 aromatic heterocycles. The molecule has 2 aliphatic rings. The molecule has 2 nitrogen and oxygen atoms in total. The molecule has 0 radical (unpaired) electrons. The summed E-state index contributed by atoms with van der Waals surface area (Å²) in [5, 5.41) is 0. The second-order valence-electron chi connectivity index (χ2n) is 9.99. The molecule has 0 fully saturated rings. The summed E-state index contributed by atoms with van der Waals surface area (Å²) in [6.07, 6.45) is 6.93. The highest BCUT2D eigenvalue weighted by Gasteiger charge is 2.43. The van der Waals surface area contributed by atoms with E-state index in [9.17, 15) is 0 Å². The molecule has 1 heterocycles. The molecule has 0 N–H and O–H groups in total. The SMILES string of the molecule is C1=NC(CC2CCc3ccccc3C2)CN1C(c1ccccc1)(c1ccccc1)c1ccccc1. The third-order valence-corrected chi connectivity index (χ3v) is 7.88. The van der Waals surface area contributed by atoms with Crippen LogP contribution in [0.1, 0.15) is 40.7 Å². The number of rotatable bonds is 6. The topological polar surface area (TPSA) is 15.6 Å². The summed E-state index contributed by atoms with van der Waals surface area (Å²) in [5.74, 6) is 0.701. The minimum absolute atomic E-state index is 0.320. The Hall–Kier alpha value is -3.65. The quantitative estimate of drug-likeness (QED) is 0.289. The predicted octanol–water partition coefficient (Wildman–Crippen LogP) is 6.89. The van der Waals surface area contributed by atoms with Gasteiger partial charge in [0.15, 0.2) is 0 Å². The number of aliphatic imine (C=N–C) groups is 1. The molecule has 1 aliphatic heterocycles. The fourth-order valence-corrected chi connectivity index (χ4v) is 6.25. The van der Waals surface area contributed by atoms with Crippen molar-refractivity contribution < 1.29 is 0 Å². The number of hydrogen-bond acceptors (Lipinski definition) is 2. The van der Waals surface area contributed by atoms with Crippen LogP contribution in [0.3, 0.4) is 0 Å². The number of aryl methyl sites for hydroxylation is 1. The molecule has 2 unspecified atom stereocenters. The van der Waals surface area contributed by atoms with Gasteiger partial charge in [0.05, 0.1) is 12.4 Å². The number of benzene rings is 4. The maximum atomic E-state index is 5.11. The minimum Gasteiger partial charge on any atom is -0.343 e. The van der Waals surface area contributed by atoms with Gasteiger partial charge in [-0.25, -0.2) is 0 Å². The van der Waals surface area contributed by atoms with E-state index in [0.717, 1.165) is 13.0 Å². The number of fused-ring (bicyclic) bond motifs is 1. The van der Waals surface area contributed by atoms with Gasteiger partial charge in [-0.05, 0) is 59.4 Å². The Bertz CT molecular complexity index is 1180. The molecule has 0 spiro atoms. The Labute approximate surface area is 209 Å². The van der Waals surface area contributed by atoms with E-state index < -0.39 is 5.54 Å². The second kappa shape index (κ2) is 9.54. The van der Waals surface area contributed by atoms with E-state index in [1.165, 1.54) is 47.1 Å². The highest BCUT2D eigenvalue weighted by Crippen LogP contribution is 2.43. The van der Waals surface area contributed by atoms with Crippen molar-refractivity contribution >= 4 is 6.34 Å². The lowest BCUT2D eigenvalue weighted by Gasteiger charge is -2.43. The van der Waals surface area contributed by atoms with E-state index in [1.54, 1.807) is 0 Å². The van der Waals surface area contributed by atoms with Crippen molar-refractivity contribution in [1.29, 1.82) is 0 Å². The number of nitrogens with zero attached hydrogens (tertiary/aromatic N) is 2. The third kappa shape index (κ3) is 4.08. The van der Waals surface area contributed by atoms with Crippen LogP contribution in [0.5, 0.6) is 0 Å². The Kier molecular flexibility index (Phi) is 5.96. The first-order valence-electron chi connectivity index (χ1n) is 12.9. The van der Waals surface area contributed by atoms with Crippen molar-refractivity contribution in [2.45, 2.75) is 37.3 Å². The zero-order valence-corrected chi connectivity index (χ0v) is 20.1. The summed E-state index contributed by atoms with van der Waals surface area (Å²) in [6.45, 7) is 0.927. The first-order chi connectivity index (χ1) is 17.3. The zero-order chi connectivity index (χ0) is 23.5. The Morgan fingerprint density at radius 3 is 1.74 bits per heavy atom. The van der Waals surface area contributed by atoms with Crippen molar-refractivity contribution in [3.63, 3.8) is 0 Å². The fraction of sp³-hybridized carbons (Fsp3) is 0.242. The van der Waals surface area contributed by atoms with Crippen LogP contribution in [0.2, 0.25) is 0 Å². The average Bonchev–Trinajstić information content (AvgIpc) is 3.39. The molecule has 0 saturated carbocycles. The standard InChI is InChI=1S/C33H32N2/c1-4-14-29(15-5-1)33(30-16-6-2-7-17-30,31-18-8-3-9-19-31)35-24-32(34-25-35)23-26-20-21-27-12-10-11-13-28(27)22-26/h1-19,25-26,32H,20-24H2. The van der Waals surface area contributed by atoms with Gasteiger partial charge in [0.2, 0.25) is 0 Å². The van der Waals surface area contributed by atoms with Crippen molar-refractivity contribution in [3.8, 4) is 0 Å². The molecular weight excluding hydrogens is 424 g/mol. The molecule has 35 heavy (non-hydrogen) atoms. The van der Waals surface area contributed by atoms with Crippen molar-refractivity contribution in [1.82, 2.24) is 4.90 Å². The molecule has 6 rings (SSSR count). The molecule has 0 bridgehead atoms. The lowest BCUT2D eigenvalue weighted by molar-refractivity contribution is 0.265. The lowest BCUT2D eigenvalue weighted by atomic mass is 9.75. The maximum Gasteiger partial charge on any atom is 0.117 e. The Balaban J connectivity index is 1.34. The van der Waals surface area contributed by atoms with Gasteiger partial charge in [-0.2, -0.15) is 0 Å². The van der Waals surface area contributed by atoms with Crippen LogP contribution in [0.15, 0.2) is 120 Å². The maximum absolute atomic E-state index is 5.11. The molecule has 1 aliphatic carbocycles. The van der Waals surface area contributed by atoms with Gasteiger partial charge in [0.1, 0.15) is 5.54 Å². The van der Waals surface area contributed by atoms with Crippen LogP contribution < -0.4 is 0 Å². The largest absolute Gasteiger partial charge is 0.343 e. The van der Waals surface area contributed by atoms with E-state index in [0.29, 0.717) is 12.0 Å². The molecule has 4 aromatic rings. The zero-order valence-electron chi connectivity index (χ0n) is 20.1. The van der Waals surface area contributed by atoms with Crippen LogP contribution >= 0.6 is 0 Å². The van der Waals surface area contributed by atoms with Crippen LogP contribution in [-0.4, -0.2) is 23.8 Å². The van der Waals surface area contributed by atoms with Gasteiger partial charge < -0.3 is 4.90 Å². The summed E-state index contributed by atoms with van der Waals surface area (Å²) in [7, 11) is 0. The van der Waals surface area contributed by atoms with Crippen LogP contribution in [0.25, 0.3) is 0 Å². The van der Waals surface area contributed by atoms with E-state index >= 15 is 0 Å². The average molecular weight is 457 g/mol. The first kappa shape index (κ1) is 21.9. The summed E-state index contributed by atoms with van der Waals surface area (Å²) >= 11 is 0. The van der Waals surface area contributed by atoms with Gasteiger partial charge >= 0.3 is 0 Å². The normalized spacial score (nSPS) is 19.5. The van der Waals surface area contributed by atoms with Crippen molar-refractivity contribution in [2.75, 3.05) is 6.54 Å². The summed E-state index contributed by atoms with van der Waals surface area (Å²) in [4.78, 5) is 7.61. The minimum atomic E-state index is -0.415. The third-order valence-electron chi connectivity index (χ3n) is 7.88. The van der Waals surface area contributed by atoms with E-state index in [2.05, 4.69) is 126 Å². The second-order valence-corrected chi connectivity index (χ2v) is 9.99. The van der Waals surface area contributed by atoms with Gasteiger partial charge in [-0.15, -0.1) is 0 Å². The molecular formula is C33H32N2. The smallest absolute Gasteiger partial charge is 0.117 e. The van der Waals surface area contributed by atoms with Crippen molar-refractivity contribution in [2.24, 2.45) is 10.9 Å². The molecule has 174 valence electrons. The van der Waals surface area contributed by atoms with Gasteiger partial charge in [0.25, 0.3) is 0 Å². The van der Waals surface area contributed by atoms with E-state index in [1.807, 2.05) is 0 Å². The molecule has 2 heteroatoms. The van der Waals surface area contributed by atoms with E-state index in [-0.39, 0.29) is 0 Å². The summed E-state index contributed by atoms with van der Waals surface area (Å²) in [5.41, 5.74) is 6.48. The lowest BCUT2D eigenvalue weighted by Crippen LogP contribution is -2.47. The van der Waals surface area contributed by atoms with E-state index in [4.69, 9.17) is 4.99 Å². The van der Waals surface area contributed by atoms with Gasteiger partial charge in [-0.3, -0.25) is 4.99 Å². The highest BCUT2D eigenvalue weighted by atomic mass is 15.3. The van der Waals surface area contributed by atoms with Crippen LogP contribution in [0.4, 0.5) is 0 Å². The molecule has 2 atom stereocenters. The first-order valence-corrected chi connectivity index (χ1v) is 12.9. The van der Waals surface area contributed by atoms with Crippen molar-refractivity contribution in [3.05, 3.63) is 143 Å². The van der Waals surface area contributed by atoms with Crippen LogP contribution in [0, 0.1) is 5.92 Å². The molecule has 0 saturated heterocycles. The predicted molar refractivity (Wildman–Crippen MR) is 145 cm³/mol. The fourth-order valence-electron chi connectivity index (χ4n) is 6.25. The number of hydrogen-bond donors (Lipinski definition) is 0. The Morgan fingerprint density at radius 1 is 0.657 bits per heavy atom. The van der Waals surface area contributed by atoms with Gasteiger partial charge in [-0.1, -0.05) is 115 Å². The summed E-state index contributed by atoms with van der Waals surface area (Å²) in [6, 6.07) is 42.1. The summed E-state index contributed by atoms with van der Waals surface area (Å²) < 4.78 is 0. The molecule has 4 aromatic carbocycles. The van der Waals surface area contributed by atoms with Crippen LogP contribution in [-0.2, 0) is 18.4 Å². The molecule has 0 amide bonds. The monoisotopic (exact) mass is 456 g/mol. The highest BCUT2D eigenvalue weighted by molar-refractivity contribution is 5.65.